The smallest absolute Gasteiger partial charge is 0.322 e. The molecule has 0 fully saturated rings. The highest BCUT2D eigenvalue weighted by Gasteiger charge is 2.27. The first kappa shape index (κ1) is 19.6. The van der Waals surface area contributed by atoms with E-state index in [0.717, 1.165) is 5.56 Å². The molecule has 23 heavy (non-hydrogen) atoms. The molecule has 0 saturated heterocycles. The summed E-state index contributed by atoms with van der Waals surface area (Å²) < 4.78 is 31.9. The maximum atomic E-state index is 12.2. The first-order chi connectivity index (χ1) is 10.7. The van der Waals surface area contributed by atoms with Crippen LogP contribution in [0.5, 0.6) is 0 Å². The molecule has 1 aromatic rings. The zero-order valence-electron chi connectivity index (χ0n) is 13.7. The van der Waals surface area contributed by atoms with Crippen LogP contribution in [-0.4, -0.2) is 44.5 Å². The minimum absolute atomic E-state index is 0.0945. The molecule has 0 saturated carbocycles. The van der Waals surface area contributed by atoms with Gasteiger partial charge in [-0.25, -0.2) is 13.1 Å². The molecule has 0 heterocycles. The molecule has 0 bridgehead atoms. The van der Waals surface area contributed by atoms with E-state index in [1.807, 2.05) is 19.9 Å². The molecule has 1 unspecified atom stereocenters. The molecule has 0 aliphatic heterocycles. The van der Waals surface area contributed by atoms with E-state index in [1.54, 1.807) is 24.3 Å². The Bertz CT molecular complexity index is 586. The number of methoxy groups -OCH3 is 1. The van der Waals surface area contributed by atoms with Gasteiger partial charge < -0.3 is 9.84 Å². The third-order valence-electron chi connectivity index (χ3n) is 3.38. The molecule has 0 spiro atoms. The Labute approximate surface area is 137 Å². The number of nitrogens with one attached hydrogen (secondary N) is 1. The van der Waals surface area contributed by atoms with E-state index in [2.05, 4.69) is 4.72 Å². The quantitative estimate of drug-likeness (QED) is 0.674. The lowest BCUT2D eigenvalue weighted by molar-refractivity contribution is -0.138. The van der Waals surface area contributed by atoms with E-state index in [-0.39, 0.29) is 18.1 Å². The van der Waals surface area contributed by atoms with E-state index >= 15 is 0 Å². The molecule has 0 amide bonds. The molecular formula is C16H25NO5S. The summed E-state index contributed by atoms with van der Waals surface area (Å²) in [5.41, 5.74) is 0.757. The monoisotopic (exact) mass is 343 g/mol. The fourth-order valence-corrected chi connectivity index (χ4v) is 3.77. The Kier molecular flexibility index (Phi) is 7.67. The van der Waals surface area contributed by atoms with Crippen LogP contribution in [0.4, 0.5) is 0 Å². The van der Waals surface area contributed by atoms with Gasteiger partial charge in [0, 0.05) is 7.11 Å². The number of carbonyl (C=O) groups is 1. The van der Waals surface area contributed by atoms with Crippen molar-refractivity contribution >= 4 is 16.0 Å². The summed E-state index contributed by atoms with van der Waals surface area (Å²) in [7, 11) is -2.30. The van der Waals surface area contributed by atoms with Crippen molar-refractivity contribution in [3.8, 4) is 0 Å². The molecule has 0 radical (unpaired) electrons. The van der Waals surface area contributed by atoms with Gasteiger partial charge in [0.1, 0.15) is 6.04 Å². The van der Waals surface area contributed by atoms with Crippen LogP contribution < -0.4 is 4.72 Å². The van der Waals surface area contributed by atoms with Gasteiger partial charge in [-0.05, 0) is 24.3 Å². The fraction of sp³-hybridized carbons (Fsp3) is 0.562. The average molecular weight is 343 g/mol. The number of carboxylic acid groups (broad SMARTS) is 1. The summed E-state index contributed by atoms with van der Waals surface area (Å²) in [6, 6.07) is 7.72. The van der Waals surface area contributed by atoms with Crippen molar-refractivity contribution in [3.05, 3.63) is 35.9 Å². The van der Waals surface area contributed by atoms with Crippen molar-refractivity contribution in [2.45, 2.75) is 38.8 Å². The van der Waals surface area contributed by atoms with Crippen LogP contribution in [0.15, 0.2) is 30.3 Å². The molecule has 130 valence electrons. The van der Waals surface area contributed by atoms with Crippen LogP contribution in [0.25, 0.3) is 0 Å². The minimum atomic E-state index is -3.76. The number of hydrogen-bond donors (Lipinski definition) is 2. The van der Waals surface area contributed by atoms with Gasteiger partial charge in [0.05, 0.1) is 11.9 Å². The second-order valence-corrected chi connectivity index (χ2v) is 7.77. The topological polar surface area (TPSA) is 92.7 Å². The van der Waals surface area contributed by atoms with Gasteiger partial charge in [-0.1, -0.05) is 44.2 Å². The molecule has 2 atom stereocenters. The normalized spacial score (nSPS) is 14.6. The molecule has 0 aliphatic rings. The Morgan fingerprint density at radius 3 is 2.35 bits per heavy atom. The summed E-state index contributed by atoms with van der Waals surface area (Å²) in [6.07, 6.45) is 0.226. The standard InChI is InChI=1S/C16H25NO5S/c1-12(2)9-14(22-3)11-23(20,21)17-15(16(18)19)10-13-7-5-4-6-8-13/h4-8,12,14-15,17H,9-11H2,1-3H3,(H,18,19)/t14?,15-/m0/s1. The number of benzene rings is 1. The zero-order valence-corrected chi connectivity index (χ0v) is 14.5. The first-order valence-corrected chi connectivity index (χ1v) is 9.18. The summed E-state index contributed by atoms with van der Waals surface area (Å²) in [4.78, 5) is 11.4. The largest absolute Gasteiger partial charge is 0.480 e. The summed E-state index contributed by atoms with van der Waals surface area (Å²) in [5, 5.41) is 9.28. The predicted octanol–water partition coefficient (Wildman–Crippen LogP) is 1.66. The lowest BCUT2D eigenvalue weighted by Crippen LogP contribution is -2.45. The van der Waals surface area contributed by atoms with Crippen LogP contribution in [0.3, 0.4) is 0 Å². The molecule has 1 aromatic carbocycles. The van der Waals surface area contributed by atoms with Crippen molar-refractivity contribution < 1.29 is 23.1 Å². The number of carboxylic acids is 1. The zero-order chi connectivity index (χ0) is 17.5. The number of ether oxygens (including phenoxy) is 1. The van der Waals surface area contributed by atoms with Crippen LogP contribution in [-0.2, 0) is 26.0 Å². The third-order valence-corrected chi connectivity index (χ3v) is 4.83. The maximum Gasteiger partial charge on any atom is 0.322 e. The number of hydrogen-bond acceptors (Lipinski definition) is 4. The lowest BCUT2D eigenvalue weighted by Gasteiger charge is -2.20. The Balaban J connectivity index is 2.76. The average Bonchev–Trinajstić information content (AvgIpc) is 2.45. The Morgan fingerprint density at radius 2 is 1.87 bits per heavy atom. The van der Waals surface area contributed by atoms with Crippen LogP contribution in [0, 0.1) is 5.92 Å². The fourth-order valence-electron chi connectivity index (χ4n) is 2.30. The maximum absolute atomic E-state index is 12.2. The van der Waals surface area contributed by atoms with E-state index in [4.69, 9.17) is 4.74 Å². The van der Waals surface area contributed by atoms with Gasteiger partial charge in [-0.2, -0.15) is 0 Å². The van der Waals surface area contributed by atoms with Crippen molar-refractivity contribution in [3.63, 3.8) is 0 Å². The van der Waals surface area contributed by atoms with Crippen LogP contribution >= 0.6 is 0 Å². The number of sulfonamides is 1. The van der Waals surface area contributed by atoms with Gasteiger partial charge in [-0.15, -0.1) is 0 Å². The van der Waals surface area contributed by atoms with Gasteiger partial charge in [-0.3, -0.25) is 4.79 Å². The molecular weight excluding hydrogens is 318 g/mol. The molecule has 0 aliphatic carbocycles. The van der Waals surface area contributed by atoms with Crippen LogP contribution in [0.1, 0.15) is 25.8 Å². The molecule has 0 aromatic heterocycles. The van der Waals surface area contributed by atoms with Crippen molar-refractivity contribution in [1.82, 2.24) is 4.72 Å². The molecule has 1 rings (SSSR count). The van der Waals surface area contributed by atoms with Gasteiger partial charge >= 0.3 is 5.97 Å². The van der Waals surface area contributed by atoms with Crippen LogP contribution in [0.2, 0.25) is 0 Å². The molecule has 7 heteroatoms. The number of rotatable bonds is 10. The summed E-state index contributed by atoms with van der Waals surface area (Å²) in [5.74, 6) is -1.16. The second-order valence-electron chi connectivity index (χ2n) is 5.97. The third kappa shape index (κ3) is 7.58. The van der Waals surface area contributed by atoms with Crippen molar-refractivity contribution in [1.29, 1.82) is 0 Å². The minimum Gasteiger partial charge on any atom is -0.480 e. The first-order valence-electron chi connectivity index (χ1n) is 7.53. The Morgan fingerprint density at radius 1 is 1.26 bits per heavy atom. The summed E-state index contributed by atoms with van der Waals surface area (Å²) >= 11 is 0. The van der Waals surface area contributed by atoms with E-state index in [9.17, 15) is 18.3 Å². The summed E-state index contributed by atoms with van der Waals surface area (Å²) in [6.45, 7) is 3.95. The van der Waals surface area contributed by atoms with Crippen molar-refractivity contribution in [2.75, 3.05) is 12.9 Å². The predicted molar refractivity (Wildman–Crippen MR) is 88.7 cm³/mol. The molecule has 6 nitrogen and oxygen atoms in total. The van der Waals surface area contributed by atoms with E-state index in [0.29, 0.717) is 6.42 Å². The highest BCUT2D eigenvalue weighted by Crippen LogP contribution is 2.11. The van der Waals surface area contributed by atoms with E-state index < -0.39 is 28.1 Å². The van der Waals surface area contributed by atoms with E-state index in [1.165, 1.54) is 7.11 Å². The highest BCUT2D eigenvalue weighted by atomic mass is 32.2. The second kappa shape index (κ2) is 9.00. The number of aliphatic carboxylic acids is 1. The Hall–Kier alpha value is -1.44. The SMILES string of the molecule is COC(CC(C)C)CS(=O)(=O)N[C@@H](Cc1ccccc1)C(=O)O. The van der Waals surface area contributed by atoms with Crippen molar-refractivity contribution in [2.24, 2.45) is 5.92 Å². The van der Waals surface area contributed by atoms with Gasteiger partial charge in [0.2, 0.25) is 10.0 Å². The van der Waals surface area contributed by atoms with Gasteiger partial charge in [0.15, 0.2) is 0 Å². The molecule has 2 N–H and O–H groups in total. The highest BCUT2D eigenvalue weighted by molar-refractivity contribution is 7.89. The lowest BCUT2D eigenvalue weighted by atomic mass is 10.1. The van der Waals surface area contributed by atoms with Gasteiger partial charge in [0.25, 0.3) is 0 Å².